The average molecular weight is 214 g/mol. The van der Waals surface area contributed by atoms with Gasteiger partial charge in [0.25, 0.3) is 0 Å². The predicted molar refractivity (Wildman–Crippen MR) is 61.6 cm³/mol. The first-order valence-corrected chi connectivity index (χ1v) is 5.56. The molecule has 16 heavy (non-hydrogen) atoms. The van der Waals surface area contributed by atoms with Gasteiger partial charge in [-0.25, -0.2) is 4.79 Å². The van der Waals surface area contributed by atoms with Crippen LogP contribution in [0, 0.1) is 11.3 Å². The minimum absolute atomic E-state index is 0.109. The van der Waals surface area contributed by atoms with Crippen LogP contribution in [0.1, 0.15) is 13.3 Å². The number of methoxy groups -OCH3 is 1. The largest absolute Gasteiger partial charge is 0.465 e. The number of carbonyl (C=O) groups excluding carboxylic acids is 1. The van der Waals surface area contributed by atoms with Crippen LogP contribution in [0.5, 0.6) is 0 Å². The minimum Gasteiger partial charge on any atom is -0.465 e. The molecule has 2 atom stereocenters. The second-order valence-electron chi connectivity index (χ2n) is 4.73. The summed E-state index contributed by atoms with van der Waals surface area (Å²) in [4.78, 5) is 11.6. The van der Waals surface area contributed by atoms with Gasteiger partial charge in [0.05, 0.1) is 12.7 Å². The summed E-state index contributed by atoms with van der Waals surface area (Å²) in [5.41, 5.74) is 3.19. The molecule has 3 aliphatic rings. The highest BCUT2D eigenvalue weighted by atomic mass is 16.5. The maximum absolute atomic E-state index is 11.6. The van der Waals surface area contributed by atoms with Crippen LogP contribution in [0.3, 0.4) is 0 Å². The Labute approximate surface area is 95.0 Å². The van der Waals surface area contributed by atoms with E-state index in [4.69, 9.17) is 4.74 Å². The third kappa shape index (κ3) is 1.10. The summed E-state index contributed by atoms with van der Waals surface area (Å²) in [6.45, 7) is 1.96. The number of carbonyl (C=O) groups is 1. The number of allylic oxidation sites excluding steroid dienone is 6. The molecule has 0 bridgehead atoms. The van der Waals surface area contributed by atoms with E-state index in [2.05, 4.69) is 30.4 Å². The van der Waals surface area contributed by atoms with E-state index in [1.807, 2.05) is 6.92 Å². The highest BCUT2D eigenvalue weighted by molar-refractivity contribution is 5.94. The number of ether oxygens (including phenoxy) is 1. The van der Waals surface area contributed by atoms with Crippen LogP contribution in [0.2, 0.25) is 0 Å². The molecule has 0 aromatic carbocycles. The average Bonchev–Trinajstić information content (AvgIpc) is 3.00. The highest BCUT2D eigenvalue weighted by Gasteiger charge is 2.55. The Kier molecular flexibility index (Phi) is 1.79. The fourth-order valence-corrected chi connectivity index (χ4v) is 2.77. The summed E-state index contributed by atoms with van der Waals surface area (Å²) < 4.78 is 4.82. The van der Waals surface area contributed by atoms with Crippen LogP contribution in [0.15, 0.2) is 47.1 Å². The first-order valence-electron chi connectivity index (χ1n) is 5.56. The van der Waals surface area contributed by atoms with Gasteiger partial charge in [-0.15, -0.1) is 0 Å². The standard InChI is InChI=1S/C14H14O2/c1-9-6-10-4-3-5-11-7-14(10,11)8-12(9)13(15)16-2/h3-6,8,11H,7H2,1-2H3. The summed E-state index contributed by atoms with van der Waals surface area (Å²) in [6.07, 6.45) is 11.8. The molecular formula is C14H14O2. The summed E-state index contributed by atoms with van der Waals surface area (Å²) in [7, 11) is 1.44. The fourth-order valence-electron chi connectivity index (χ4n) is 2.77. The quantitative estimate of drug-likeness (QED) is 0.627. The lowest BCUT2D eigenvalue weighted by Gasteiger charge is -2.23. The fraction of sp³-hybridized carbons (Fsp3) is 0.357. The summed E-state index contributed by atoms with van der Waals surface area (Å²) in [5.74, 6) is 0.360. The van der Waals surface area contributed by atoms with E-state index in [1.54, 1.807) is 0 Å². The zero-order chi connectivity index (χ0) is 11.3. The molecular weight excluding hydrogens is 200 g/mol. The number of esters is 1. The Bertz CT molecular complexity index is 491. The molecule has 1 saturated carbocycles. The van der Waals surface area contributed by atoms with Crippen LogP contribution >= 0.6 is 0 Å². The van der Waals surface area contributed by atoms with Crippen molar-refractivity contribution in [1.29, 1.82) is 0 Å². The van der Waals surface area contributed by atoms with Crippen molar-refractivity contribution in [3.05, 3.63) is 47.1 Å². The molecule has 0 N–H and O–H groups in total. The molecule has 0 radical (unpaired) electrons. The van der Waals surface area contributed by atoms with Crippen molar-refractivity contribution in [2.24, 2.45) is 11.3 Å². The van der Waals surface area contributed by atoms with Gasteiger partial charge in [0.15, 0.2) is 0 Å². The zero-order valence-electron chi connectivity index (χ0n) is 9.49. The number of rotatable bonds is 1. The molecule has 0 amide bonds. The van der Waals surface area contributed by atoms with Crippen LogP contribution in [0.25, 0.3) is 0 Å². The summed E-state index contributed by atoms with van der Waals surface area (Å²) in [6, 6.07) is 0. The maximum Gasteiger partial charge on any atom is 0.337 e. The maximum atomic E-state index is 11.6. The lowest BCUT2D eigenvalue weighted by molar-refractivity contribution is -0.135. The minimum atomic E-state index is -0.220. The molecule has 2 nitrogen and oxygen atoms in total. The van der Waals surface area contributed by atoms with Crippen molar-refractivity contribution in [2.45, 2.75) is 13.3 Å². The van der Waals surface area contributed by atoms with Crippen molar-refractivity contribution < 1.29 is 9.53 Å². The van der Waals surface area contributed by atoms with Crippen LogP contribution in [-0.2, 0) is 9.53 Å². The molecule has 0 aliphatic heterocycles. The second-order valence-corrected chi connectivity index (χ2v) is 4.73. The molecule has 82 valence electrons. The Morgan fingerprint density at radius 1 is 1.56 bits per heavy atom. The van der Waals surface area contributed by atoms with Gasteiger partial charge in [-0.2, -0.15) is 0 Å². The van der Waals surface area contributed by atoms with Gasteiger partial charge >= 0.3 is 5.97 Å². The van der Waals surface area contributed by atoms with Gasteiger partial charge in [0, 0.05) is 5.41 Å². The van der Waals surface area contributed by atoms with Crippen molar-refractivity contribution in [1.82, 2.24) is 0 Å². The van der Waals surface area contributed by atoms with Gasteiger partial charge in [0.1, 0.15) is 0 Å². The van der Waals surface area contributed by atoms with E-state index in [9.17, 15) is 4.79 Å². The van der Waals surface area contributed by atoms with Crippen LogP contribution in [-0.4, -0.2) is 13.1 Å². The third-order valence-corrected chi connectivity index (χ3v) is 3.82. The number of hydrogen-bond acceptors (Lipinski definition) is 2. The van der Waals surface area contributed by atoms with Gasteiger partial charge in [0.2, 0.25) is 0 Å². The summed E-state index contributed by atoms with van der Waals surface area (Å²) >= 11 is 0. The number of hydrogen-bond donors (Lipinski definition) is 0. The Balaban J connectivity index is 2.07. The van der Waals surface area contributed by atoms with Crippen LogP contribution in [0.4, 0.5) is 0 Å². The molecule has 1 fully saturated rings. The SMILES string of the molecule is COC(=O)C1=CC23CC2C=CC=C3C=C1C. The Morgan fingerprint density at radius 3 is 3.12 bits per heavy atom. The predicted octanol–water partition coefficient (Wildman–Crippen LogP) is 2.55. The molecule has 0 heterocycles. The molecule has 3 aliphatic carbocycles. The van der Waals surface area contributed by atoms with E-state index >= 15 is 0 Å². The van der Waals surface area contributed by atoms with E-state index in [0.717, 1.165) is 17.6 Å². The second kappa shape index (κ2) is 2.97. The molecule has 3 rings (SSSR count). The molecule has 0 saturated heterocycles. The first kappa shape index (κ1) is 9.64. The van der Waals surface area contributed by atoms with Crippen molar-refractivity contribution in [2.75, 3.05) is 7.11 Å². The Hall–Kier alpha value is -1.57. The Morgan fingerprint density at radius 2 is 2.38 bits per heavy atom. The van der Waals surface area contributed by atoms with Gasteiger partial charge in [-0.05, 0) is 30.4 Å². The lowest BCUT2D eigenvalue weighted by atomic mass is 9.81. The van der Waals surface area contributed by atoms with Crippen molar-refractivity contribution in [3.63, 3.8) is 0 Å². The van der Waals surface area contributed by atoms with E-state index in [-0.39, 0.29) is 11.4 Å². The van der Waals surface area contributed by atoms with Gasteiger partial charge < -0.3 is 4.74 Å². The third-order valence-electron chi connectivity index (χ3n) is 3.82. The van der Waals surface area contributed by atoms with Gasteiger partial charge in [-0.1, -0.05) is 30.4 Å². The summed E-state index contributed by atoms with van der Waals surface area (Å²) in [5, 5.41) is 0. The van der Waals surface area contributed by atoms with Gasteiger partial charge in [-0.3, -0.25) is 0 Å². The molecule has 0 aromatic rings. The molecule has 2 heteroatoms. The topological polar surface area (TPSA) is 26.3 Å². The van der Waals surface area contributed by atoms with Crippen molar-refractivity contribution >= 4 is 5.97 Å². The molecule has 2 unspecified atom stereocenters. The molecule has 0 aromatic heterocycles. The smallest absolute Gasteiger partial charge is 0.337 e. The van der Waals surface area contributed by atoms with E-state index in [0.29, 0.717) is 5.92 Å². The molecule has 1 spiro atoms. The zero-order valence-corrected chi connectivity index (χ0v) is 9.49. The van der Waals surface area contributed by atoms with E-state index < -0.39 is 0 Å². The lowest BCUT2D eigenvalue weighted by Crippen LogP contribution is -2.16. The van der Waals surface area contributed by atoms with E-state index in [1.165, 1.54) is 12.7 Å². The highest BCUT2D eigenvalue weighted by Crippen LogP contribution is 2.63. The monoisotopic (exact) mass is 214 g/mol. The normalized spacial score (nSPS) is 34.1. The first-order chi connectivity index (χ1) is 7.67. The van der Waals surface area contributed by atoms with Crippen molar-refractivity contribution in [3.8, 4) is 0 Å². The van der Waals surface area contributed by atoms with Crippen LogP contribution < -0.4 is 0 Å².